The number of rotatable bonds is 3. The van der Waals surface area contributed by atoms with Crippen LogP contribution in [-0.4, -0.2) is 21.1 Å². The van der Waals surface area contributed by atoms with E-state index in [1.807, 2.05) is 0 Å². The lowest BCUT2D eigenvalue weighted by molar-refractivity contribution is 0.102. The molecule has 1 aliphatic carbocycles. The van der Waals surface area contributed by atoms with Crippen molar-refractivity contribution in [2.45, 2.75) is 57.3 Å². The fourth-order valence-corrected chi connectivity index (χ4v) is 4.58. The van der Waals surface area contributed by atoms with Gasteiger partial charge in [-0.3, -0.25) is 9.78 Å². The smallest absolute Gasteiger partial charge is 0.261 e. The number of aromatic hydroxyl groups is 2. The van der Waals surface area contributed by atoms with Gasteiger partial charge in [0.05, 0.1) is 11.2 Å². The van der Waals surface area contributed by atoms with Crippen molar-refractivity contribution in [1.29, 1.82) is 0 Å². The number of anilines is 1. The summed E-state index contributed by atoms with van der Waals surface area (Å²) in [6, 6.07) is 9.50. The SMILES string of the molecule is CC1(c2cc(F)c(NC(=O)c3cnc4ccccc4c3O)cc2O)CCCCCCC1. The highest BCUT2D eigenvalue weighted by atomic mass is 19.1. The minimum absolute atomic E-state index is 0.0272. The lowest BCUT2D eigenvalue weighted by Gasteiger charge is -2.33. The number of benzene rings is 2. The summed E-state index contributed by atoms with van der Waals surface area (Å²) < 4.78 is 15.0. The number of halogens is 1. The second kappa shape index (κ2) is 8.53. The molecule has 2 aromatic carbocycles. The zero-order valence-electron chi connectivity index (χ0n) is 17.6. The van der Waals surface area contributed by atoms with Crippen LogP contribution in [-0.2, 0) is 5.41 Å². The van der Waals surface area contributed by atoms with Crippen molar-refractivity contribution in [3.8, 4) is 11.5 Å². The van der Waals surface area contributed by atoms with Gasteiger partial charge in [-0.15, -0.1) is 0 Å². The van der Waals surface area contributed by atoms with Gasteiger partial charge in [0.2, 0.25) is 0 Å². The molecule has 1 aliphatic rings. The first-order valence-corrected chi connectivity index (χ1v) is 10.8. The number of aromatic nitrogens is 1. The molecule has 1 fully saturated rings. The fraction of sp³-hybridized carbons (Fsp3) is 0.360. The summed E-state index contributed by atoms with van der Waals surface area (Å²) in [5.41, 5.74) is 0.646. The zero-order valence-corrected chi connectivity index (χ0v) is 17.6. The summed E-state index contributed by atoms with van der Waals surface area (Å²) in [4.78, 5) is 16.9. The molecule has 6 heteroatoms. The van der Waals surface area contributed by atoms with Crippen LogP contribution in [0.5, 0.6) is 11.5 Å². The standard InChI is InChI=1S/C25H27FN2O3/c1-25(11-7-3-2-4-8-12-25)18-13-19(26)21(14-22(18)29)28-24(31)17-15-27-20-10-6-5-9-16(20)23(17)30/h5-6,9-10,13-15,29H,2-4,7-8,11-12H2,1H3,(H,27,30)(H,28,31). The number of hydrogen-bond acceptors (Lipinski definition) is 4. The average Bonchev–Trinajstić information content (AvgIpc) is 2.73. The van der Waals surface area contributed by atoms with E-state index in [0.717, 1.165) is 38.5 Å². The number of nitrogens with one attached hydrogen (secondary N) is 1. The van der Waals surface area contributed by atoms with Crippen LogP contribution in [0.1, 0.15) is 67.8 Å². The molecule has 1 amide bonds. The van der Waals surface area contributed by atoms with E-state index in [0.29, 0.717) is 16.5 Å². The number of hydrogen-bond donors (Lipinski definition) is 3. The van der Waals surface area contributed by atoms with Crippen LogP contribution in [0.4, 0.5) is 10.1 Å². The monoisotopic (exact) mass is 422 g/mol. The summed E-state index contributed by atoms with van der Waals surface area (Å²) in [6.45, 7) is 2.07. The van der Waals surface area contributed by atoms with Crippen LogP contribution >= 0.6 is 0 Å². The molecule has 1 saturated carbocycles. The van der Waals surface area contributed by atoms with Gasteiger partial charge < -0.3 is 15.5 Å². The van der Waals surface area contributed by atoms with E-state index < -0.39 is 11.7 Å². The molecule has 5 nitrogen and oxygen atoms in total. The quantitative estimate of drug-likeness (QED) is 0.481. The lowest BCUT2D eigenvalue weighted by Crippen LogP contribution is -2.24. The first-order chi connectivity index (χ1) is 14.9. The molecular formula is C25H27FN2O3. The van der Waals surface area contributed by atoms with E-state index in [-0.39, 0.29) is 28.2 Å². The summed E-state index contributed by atoms with van der Waals surface area (Å²) >= 11 is 0. The highest BCUT2D eigenvalue weighted by Crippen LogP contribution is 2.43. The second-order valence-corrected chi connectivity index (χ2v) is 8.67. The van der Waals surface area contributed by atoms with Crippen LogP contribution in [0.2, 0.25) is 0 Å². The molecule has 3 aromatic rings. The minimum Gasteiger partial charge on any atom is -0.508 e. The van der Waals surface area contributed by atoms with E-state index in [9.17, 15) is 19.4 Å². The van der Waals surface area contributed by atoms with Crippen molar-refractivity contribution in [2.24, 2.45) is 0 Å². The summed E-state index contributed by atoms with van der Waals surface area (Å²) in [5.74, 6) is -1.55. The van der Waals surface area contributed by atoms with Crippen molar-refractivity contribution in [3.05, 3.63) is 59.5 Å². The Bertz CT molecular complexity index is 1120. The number of amides is 1. The molecular weight excluding hydrogens is 395 g/mol. The summed E-state index contributed by atoms with van der Waals surface area (Å²) in [6.07, 6.45) is 8.65. The molecule has 162 valence electrons. The Hall–Kier alpha value is -3.15. The fourth-order valence-electron chi connectivity index (χ4n) is 4.58. The Morgan fingerprint density at radius 2 is 1.74 bits per heavy atom. The summed E-state index contributed by atoms with van der Waals surface area (Å²) in [5, 5.41) is 24.1. The van der Waals surface area contributed by atoms with Gasteiger partial charge in [0.15, 0.2) is 0 Å². The van der Waals surface area contributed by atoms with E-state index in [1.54, 1.807) is 24.3 Å². The first kappa shape index (κ1) is 21.1. The highest BCUT2D eigenvalue weighted by molar-refractivity contribution is 6.09. The maximum absolute atomic E-state index is 15.0. The molecule has 0 unspecified atom stereocenters. The van der Waals surface area contributed by atoms with Crippen LogP contribution in [0.15, 0.2) is 42.6 Å². The maximum atomic E-state index is 15.0. The third-order valence-electron chi connectivity index (χ3n) is 6.43. The van der Waals surface area contributed by atoms with Gasteiger partial charge in [0.1, 0.15) is 22.9 Å². The molecule has 31 heavy (non-hydrogen) atoms. The van der Waals surface area contributed by atoms with Crippen LogP contribution in [0.25, 0.3) is 10.9 Å². The molecule has 1 aromatic heterocycles. The number of nitrogens with zero attached hydrogens (tertiary/aromatic N) is 1. The molecule has 1 heterocycles. The average molecular weight is 423 g/mol. The number of fused-ring (bicyclic) bond motifs is 1. The molecule has 0 atom stereocenters. The molecule has 0 aliphatic heterocycles. The van der Waals surface area contributed by atoms with Gasteiger partial charge in [-0.05, 0) is 36.5 Å². The van der Waals surface area contributed by atoms with Gasteiger partial charge in [-0.2, -0.15) is 0 Å². The first-order valence-electron chi connectivity index (χ1n) is 10.8. The number of phenols is 1. The van der Waals surface area contributed by atoms with Crippen molar-refractivity contribution in [2.75, 3.05) is 5.32 Å². The van der Waals surface area contributed by atoms with Crippen molar-refractivity contribution in [1.82, 2.24) is 4.98 Å². The number of pyridine rings is 1. The van der Waals surface area contributed by atoms with Crippen molar-refractivity contribution in [3.63, 3.8) is 0 Å². The third kappa shape index (κ3) is 4.20. The number of carbonyl (C=O) groups is 1. The van der Waals surface area contributed by atoms with Gasteiger partial charge in [0, 0.05) is 23.2 Å². The normalized spacial score (nSPS) is 16.5. The van der Waals surface area contributed by atoms with E-state index in [2.05, 4.69) is 17.2 Å². The number of para-hydroxylation sites is 1. The van der Waals surface area contributed by atoms with Gasteiger partial charge in [-0.1, -0.05) is 51.2 Å². The van der Waals surface area contributed by atoms with Gasteiger partial charge in [0.25, 0.3) is 5.91 Å². The molecule has 4 rings (SSSR count). The highest BCUT2D eigenvalue weighted by Gasteiger charge is 2.31. The van der Waals surface area contributed by atoms with Crippen LogP contribution in [0, 0.1) is 5.82 Å². The molecule has 0 saturated heterocycles. The Morgan fingerprint density at radius 1 is 1.06 bits per heavy atom. The summed E-state index contributed by atoms with van der Waals surface area (Å²) in [7, 11) is 0. The van der Waals surface area contributed by atoms with Crippen molar-refractivity contribution < 1.29 is 19.4 Å². The zero-order chi connectivity index (χ0) is 22.0. The Labute approximate surface area is 180 Å². The predicted molar refractivity (Wildman–Crippen MR) is 119 cm³/mol. The van der Waals surface area contributed by atoms with Gasteiger partial charge >= 0.3 is 0 Å². The number of carbonyl (C=O) groups excluding carboxylic acids is 1. The molecule has 3 N–H and O–H groups in total. The van der Waals surface area contributed by atoms with Crippen LogP contribution in [0.3, 0.4) is 0 Å². The van der Waals surface area contributed by atoms with E-state index in [4.69, 9.17) is 0 Å². The van der Waals surface area contributed by atoms with Crippen LogP contribution < -0.4 is 5.32 Å². The predicted octanol–water partition coefficient (Wildman–Crippen LogP) is 6.04. The Balaban J connectivity index is 1.62. The van der Waals surface area contributed by atoms with E-state index in [1.165, 1.54) is 24.8 Å². The van der Waals surface area contributed by atoms with E-state index >= 15 is 0 Å². The largest absolute Gasteiger partial charge is 0.508 e. The molecule has 0 radical (unpaired) electrons. The second-order valence-electron chi connectivity index (χ2n) is 8.67. The Kier molecular flexibility index (Phi) is 5.81. The maximum Gasteiger partial charge on any atom is 0.261 e. The van der Waals surface area contributed by atoms with Crippen molar-refractivity contribution >= 4 is 22.5 Å². The molecule has 0 bridgehead atoms. The Morgan fingerprint density at radius 3 is 2.48 bits per heavy atom. The topological polar surface area (TPSA) is 82.5 Å². The van der Waals surface area contributed by atoms with Gasteiger partial charge in [-0.25, -0.2) is 4.39 Å². The molecule has 0 spiro atoms. The number of phenolic OH excluding ortho intramolecular Hbond substituents is 1. The lowest BCUT2D eigenvalue weighted by atomic mass is 9.72. The third-order valence-corrected chi connectivity index (χ3v) is 6.43. The minimum atomic E-state index is -0.695.